The molecule has 4 heterocycles. The summed E-state index contributed by atoms with van der Waals surface area (Å²) < 4.78 is 18.3. The molecule has 36 heavy (non-hydrogen) atoms. The molecule has 3 aromatic heterocycles. The zero-order valence-electron chi connectivity index (χ0n) is 19.2. The zero-order valence-corrected chi connectivity index (χ0v) is 19.9. The van der Waals surface area contributed by atoms with E-state index >= 15 is 0 Å². The molecule has 1 aliphatic heterocycles. The molecule has 188 valence electrons. The van der Waals surface area contributed by atoms with Gasteiger partial charge in [-0.05, 0) is 24.3 Å². The van der Waals surface area contributed by atoms with Crippen molar-refractivity contribution in [2.45, 2.75) is 37.6 Å². The Bertz CT molecular complexity index is 1360. The van der Waals surface area contributed by atoms with Crippen LogP contribution in [0.3, 0.4) is 0 Å². The van der Waals surface area contributed by atoms with Crippen molar-refractivity contribution in [1.82, 2.24) is 24.8 Å². The molecule has 1 fully saturated rings. The van der Waals surface area contributed by atoms with E-state index in [2.05, 4.69) is 25.6 Å². The number of amides is 1. The quantitative estimate of drug-likeness (QED) is 0.272. The van der Waals surface area contributed by atoms with Crippen LogP contribution in [0.4, 0.5) is 5.82 Å². The number of ether oxygens (including phenoxy) is 2. The Labute approximate surface area is 210 Å². The summed E-state index contributed by atoms with van der Waals surface area (Å²) in [5.41, 5.74) is 8.59. The first-order chi connectivity index (χ1) is 17.5. The second-order valence-corrected chi connectivity index (χ2v) is 8.64. The second-order valence-electron chi connectivity index (χ2n) is 8.20. The van der Waals surface area contributed by atoms with Gasteiger partial charge in [-0.1, -0.05) is 11.6 Å². The Kier molecular flexibility index (Phi) is 6.74. The summed E-state index contributed by atoms with van der Waals surface area (Å²) in [5.74, 6) is 0.692. The number of carbonyl (C=O) groups is 1. The van der Waals surface area contributed by atoms with Crippen LogP contribution in [0.5, 0.6) is 5.75 Å². The van der Waals surface area contributed by atoms with Crippen molar-refractivity contribution in [3.63, 3.8) is 0 Å². The van der Waals surface area contributed by atoms with Gasteiger partial charge in [-0.2, -0.15) is 0 Å². The standard InChI is InChI=1S/C23H24ClN7O5/c1-26-22(33)19-16(25)18(32)23(36-19)31-11-30-17-20(28-10-29-21(17)31)27-7-13-6-14(24)2-3-15(13)35-9-12-4-5-34-8-12/h2-6,8,10-11,16,18-19,23,32H,7,9,25H2,1H3,(H,26,33)(H,27,28,29)/t16-,18+,19-,23+/m0/s1. The number of aliphatic hydroxyl groups is 1. The lowest BCUT2D eigenvalue weighted by atomic mass is 10.1. The van der Waals surface area contributed by atoms with Gasteiger partial charge in [0, 0.05) is 29.7 Å². The number of nitrogens with two attached hydrogens (primary N) is 1. The molecular formula is C23H24ClN7O5. The number of aliphatic hydroxyl groups excluding tert-OH is 1. The van der Waals surface area contributed by atoms with Crippen molar-refractivity contribution in [2.24, 2.45) is 5.73 Å². The third-order valence-electron chi connectivity index (χ3n) is 5.90. The molecule has 12 nitrogen and oxygen atoms in total. The summed E-state index contributed by atoms with van der Waals surface area (Å²) in [6.07, 6.45) is 2.96. The largest absolute Gasteiger partial charge is 0.488 e. The van der Waals surface area contributed by atoms with Gasteiger partial charge in [-0.25, -0.2) is 15.0 Å². The van der Waals surface area contributed by atoms with Crippen LogP contribution in [-0.2, 0) is 22.7 Å². The lowest BCUT2D eigenvalue weighted by molar-refractivity contribution is -0.134. The fourth-order valence-electron chi connectivity index (χ4n) is 4.01. The SMILES string of the molecule is CNC(=O)[C@H]1O[C@@H](n2cnc3c(NCc4cc(Cl)ccc4OCc4ccoc4)ncnc32)[C@H](O)[C@@H]1N. The Hall–Kier alpha value is -3.71. The van der Waals surface area contributed by atoms with E-state index in [-0.39, 0.29) is 0 Å². The van der Waals surface area contributed by atoms with E-state index in [1.54, 1.807) is 30.7 Å². The second kappa shape index (κ2) is 10.1. The molecular weight excluding hydrogens is 490 g/mol. The summed E-state index contributed by atoms with van der Waals surface area (Å²) in [7, 11) is 1.48. The van der Waals surface area contributed by atoms with E-state index in [1.807, 2.05) is 6.07 Å². The third-order valence-corrected chi connectivity index (χ3v) is 6.14. The number of nitrogens with one attached hydrogen (secondary N) is 2. The molecule has 1 saturated heterocycles. The molecule has 0 radical (unpaired) electrons. The Morgan fingerprint density at radius 3 is 2.94 bits per heavy atom. The molecule has 0 unspecified atom stereocenters. The van der Waals surface area contributed by atoms with Gasteiger partial charge in [0.2, 0.25) is 0 Å². The highest BCUT2D eigenvalue weighted by Crippen LogP contribution is 2.32. The van der Waals surface area contributed by atoms with E-state index in [9.17, 15) is 9.90 Å². The van der Waals surface area contributed by atoms with Crippen LogP contribution in [0.2, 0.25) is 5.02 Å². The van der Waals surface area contributed by atoms with Crippen LogP contribution >= 0.6 is 11.6 Å². The van der Waals surface area contributed by atoms with Crippen LogP contribution in [0.1, 0.15) is 17.4 Å². The summed E-state index contributed by atoms with van der Waals surface area (Å²) >= 11 is 6.22. The maximum Gasteiger partial charge on any atom is 0.250 e. The van der Waals surface area contributed by atoms with Gasteiger partial charge >= 0.3 is 0 Å². The first kappa shape index (κ1) is 24.0. The van der Waals surface area contributed by atoms with Gasteiger partial charge < -0.3 is 35.4 Å². The lowest BCUT2D eigenvalue weighted by Gasteiger charge is -2.17. The fraction of sp³-hybridized carbons (Fsp3) is 0.304. The molecule has 13 heteroatoms. The lowest BCUT2D eigenvalue weighted by Crippen LogP contribution is -2.46. The summed E-state index contributed by atoms with van der Waals surface area (Å²) in [6.45, 7) is 0.683. The first-order valence-corrected chi connectivity index (χ1v) is 11.5. The first-order valence-electron chi connectivity index (χ1n) is 11.1. The highest BCUT2D eigenvalue weighted by Gasteiger charge is 2.46. The number of imidazole rings is 1. The molecule has 4 atom stereocenters. The minimum absolute atomic E-state index is 0.340. The van der Waals surface area contributed by atoms with Crippen LogP contribution in [-0.4, -0.2) is 55.8 Å². The number of halogens is 1. The third kappa shape index (κ3) is 4.58. The van der Waals surface area contributed by atoms with Gasteiger partial charge in [0.15, 0.2) is 29.3 Å². The molecule has 5 N–H and O–H groups in total. The molecule has 0 aliphatic carbocycles. The van der Waals surface area contributed by atoms with Crippen LogP contribution in [0, 0.1) is 0 Å². The van der Waals surface area contributed by atoms with Crippen molar-refractivity contribution < 1.29 is 23.8 Å². The molecule has 0 spiro atoms. The smallest absolute Gasteiger partial charge is 0.250 e. The number of nitrogens with zero attached hydrogens (tertiary/aromatic N) is 4. The number of rotatable bonds is 8. The Morgan fingerprint density at radius 1 is 1.31 bits per heavy atom. The Morgan fingerprint density at radius 2 is 2.17 bits per heavy atom. The summed E-state index contributed by atoms with van der Waals surface area (Å²) in [6, 6.07) is 6.28. The highest BCUT2D eigenvalue weighted by atomic mass is 35.5. The van der Waals surface area contributed by atoms with Crippen molar-refractivity contribution >= 4 is 34.5 Å². The number of anilines is 1. The molecule has 1 aromatic carbocycles. The average molecular weight is 514 g/mol. The molecule has 4 aromatic rings. The molecule has 0 saturated carbocycles. The van der Waals surface area contributed by atoms with E-state index in [0.717, 1.165) is 11.1 Å². The molecule has 1 amide bonds. The van der Waals surface area contributed by atoms with Crippen LogP contribution in [0.25, 0.3) is 11.2 Å². The predicted molar refractivity (Wildman–Crippen MR) is 129 cm³/mol. The van der Waals surface area contributed by atoms with Gasteiger partial charge in [0.1, 0.15) is 24.8 Å². The predicted octanol–water partition coefficient (Wildman–Crippen LogP) is 1.60. The van der Waals surface area contributed by atoms with Crippen molar-refractivity contribution in [3.05, 3.63) is 65.6 Å². The summed E-state index contributed by atoms with van der Waals surface area (Å²) in [4.78, 5) is 25.1. The van der Waals surface area contributed by atoms with E-state index < -0.39 is 30.4 Å². The maximum atomic E-state index is 12.1. The number of furan rings is 1. The van der Waals surface area contributed by atoms with Gasteiger partial charge in [0.25, 0.3) is 5.91 Å². The van der Waals surface area contributed by atoms with Gasteiger partial charge in [-0.3, -0.25) is 9.36 Å². The maximum absolute atomic E-state index is 12.1. The highest BCUT2D eigenvalue weighted by molar-refractivity contribution is 6.30. The molecule has 0 bridgehead atoms. The van der Waals surface area contributed by atoms with Crippen molar-refractivity contribution in [1.29, 1.82) is 0 Å². The number of fused-ring (bicyclic) bond motifs is 1. The number of aromatic nitrogens is 4. The number of hydrogen-bond donors (Lipinski definition) is 4. The van der Waals surface area contributed by atoms with E-state index in [0.29, 0.717) is 40.9 Å². The van der Waals surface area contributed by atoms with E-state index in [1.165, 1.54) is 24.3 Å². The zero-order chi connectivity index (χ0) is 25.2. The molecule has 1 aliphatic rings. The van der Waals surface area contributed by atoms with Gasteiger partial charge in [-0.15, -0.1) is 0 Å². The summed E-state index contributed by atoms with van der Waals surface area (Å²) in [5, 5.41) is 16.9. The van der Waals surface area contributed by atoms with Crippen molar-refractivity contribution in [3.8, 4) is 5.75 Å². The number of benzene rings is 1. The minimum Gasteiger partial charge on any atom is -0.488 e. The fourth-order valence-corrected chi connectivity index (χ4v) is 4.20. The minimum atomic E-state index is -1.14. The van der Waals surface area contributed by atoms with Crippen LogP contribution < -0.4 is 21.1 Å². The Balaban J connectivity index is 1.36. The van der Waals surface area contributed by atoms with Gasteiger partial charge in [0.05, 0.1) is 24.9 Å². The number of likely N-dealkylation sites (N-methyl/N-ethyl adjacent to an activating group) is 1. The van der Waals surface area contributed by atoms with E-state index in [4.69, 9.17) is 31.2 Å². The van der Waals surface area contributed by atoms with Crippen molar-refractivity contribution in [2.75, 3.05) is 12.4 Å². The number of carbonyl (C=O) groups excluding carboxylic acids is 1. The average Bonchev–Trinajstić information content (AvgIpc) is 3.62. The topological polar surface area (TPSA) is 163 Å². The number of hydrogen-bond acceptors (Lipinski definition) is 10. The normalized spacial score (nSPS) is 21.6. The monoisotopic (exact) mass is 513 g/mol. The molecule has 5 rings (SSSR count). The van der Waals surface area contributed by atoms with Crippen LogP contribution in [0.15, 0.2) is 53.9 Å².